The number of amides is 2. The summed E-state index contributed by atoms with van der Waals surface area (Å²) < 4.78 is 0. The highest BCUT2D eigenvalue weighted by Gasteiger charge is 2.33. The lowest BCUT2D eigenvalue weighted by Crippen LogP contribution is -2.61. The van der Waals surface area contributed by atoms with E-state index in [4.69, 9.17) is 0 Å². The van der Waals surface area contributed by atoms with Crippen molar-refractivity contribution in [2.75, 3.05) is 0 Å². The van der Waals surface area contributed by atoms with Crippen LogP contribution in [0.1, 0.15) is 51.4 Å². The Morgan fingerprint density at radius 1 is 1.17 bits per heavy atom. The molecule has 2 atom stereocenters. The number of rotatable bonds is 6. The number of piperazine rings is 1. The Bertz CT molecular complexity index is 993. The highest BCUT2D eigenvalue weighted by molar-refractivity contribution is 5.97. The average molecular weight is 394 g/mol. The summed E-state index contributed by atoms with van der Waals surface area (Å²) in [6, 6.07) is 5.33. The topological polar surface area (TPSA) is 74.0 Å². The molecule has 1 aliphatic rings. The maximum atomic E-state index is 12.5. The fraction of sp³-hybridized carbons (Fsp3) is 0.417. The first kappa shape index (κ1) is 20.9. The van der Waals surface area contributed by atoms with Crippen molar-refractivity contribution in [3.05, 3.63) is 59.3 Å². The van der Waals surface area contributed by atoms with Crippen LogP contribution in [0.5, 0.6) is 0 Å². The zero-order valence-electron chi connectivity index (χ0n) is 18.0. The number of aromatic nitrogens is 1. The van der Waals surface area contributed by atoms with Gasteiger partial charge in [-0.25, -0.2) is 0 Å². The van der Waals surface area contributed by atoms with Crippen molar-refractivity contribution in [1.82, 2.24) is 15.6 Å². The Labute approximate surface area is 172 Å². The minimum atomic E-state index is -0.585. The van der Waals surface area contributed by atoms with Gasteiger partial charge in [0.05, 0.1) is 0 Å². The highest BCUT2D eigenvalue weighted by Crippen LogP contribution is 2.34. The molecular weight excluding hydrogens is 362 g/mol. The predicted molar refractivity (Wildman–Crippen MR) is 118 cm³/mol. The van der Waals surface area contributed by atoms with Gasteiger partial charge >= 0.3 is 0 Å². The van der Waals surface area contributed by atoms with E-state index in [0.717, 1.165) is 28.6 Å². The number of H-pyrrole nitrogens is 1. The largest absolute Gasteiger partial charge is 0.357 e. The van der Waals surface area contributed by atoms with Gasteiger partial charge in [0.1, 0.15) is 12.1 Å². The summed E-state index contributed by atoms with van der Waals surface area (Å²) in [7, 11) is 0. The van der Waals surface area contributed by atoms with E-state index >= 15 is 0 Å². The molecule has 2 heterocycles. The Morgan fingerprint density at radius 2 is 1.90 bits per heavy atom. The summed E-state index contributed by atoms with van der Waals surface area (Å²) in [6.45, 7) is 14.1. The molecule has 0 spiro atoms. The number of hydrogen-bond acceptors (Lipinski definition) is 2. The first-order valence-electron chi connectivity index (χ1n) is 10.1. The number of carbonyl (C=O) groups excluding carboxylic acids is 2. The second kappa shape index (κ2) is 7.90. The summed E-state index contributed by atoms with van der Waals surface area (Å²) in [5.41, 5.74) is 5.32. The monoisotopic (exact) mass is 393 g/mol. The summed E-state index contributed by atoms with van der Waals surface area (Å²) in [4.78, 5) is 28.2. The van der Waals surface area contributed by atoms with Crippen molar-refractivity contribution in [3.63, 3.8) is 0 Å². The number of carbonyl (C=O) groups is 2. The van der Waals surface area contributed by atoms with Crippen LogP contribution in [0.25, 0.3) is 10.9 Å². The molecule has 1 aromatic carbocycles. The molecular formula is C24H31N3O2. The van der Waals surface area contributed by atoms with Crippen LogP contribution in [0, 0.1) is 0 Å². The first-order valence-corrected chi connectivity index (χ1v) is 10.1. The summed E-state index contributed by atoms with van der Waals surface area (Å²) >= 11 is 0. The molecule has 1 aliphatic heterocycles. The van der Waals surface area contributed by atoms with Crippen molar-refractivity contribution in [2.45, 2.75) is 65.0 Å². The lowest BCUT2D eigenvalue weighted by molar-refractivity contribution is -0.136. The fourth-order valence-electron chi connectivity index (χ4n) is 3.70. The second-order valence-corrected chi connectivity index (χ2v) is 8.77. The molecule has 0 radical (unpaired) electrons. The Morgan fingerprint density at radius 3 is 2.55 bits per heavy atom. The Hall–Kier alpha value is -2.82. The van der Waals surface area contributed by atoms with Gasteiger partial charge in [-0.05, 0) is 50.5 Å². The van der Waals surface area contributed by atoms with E-state index < -0.39 is 12.1 Å². The van der Waals surface area contributed by atoms with Gasteiger partial charge in [-0.15, -0.1) is 6.58 Å². The van der Waals surface area contributed by atoms with Gasteiger partial charge in [-0.3, -0.25) is 9.59 Å². The van der Waals surface area contributed by atoms with Gasteiger partial charge in [0, 0.05) is 28.4 Å². The number of fused-ring (bicyclic) bond motifs is 1. The molecule has 2 amide bonds. The zero-order valence-corrected chi connectivity index (χ0v) is 18.0. The number of benzene rings is 1. The summed E-state index contributed by atoms with van der Waals surface area (Å²) in [6.07, 6.45) is 5.41. The van der Waals surface area contributed by atoms with Gasteiger partial charge in [0.25, 0.3) is 0 Å². The smallest absolute Gasteiger partial charge is 0.243 e. The first-order chi connectivity index (χ1) is 13.6. The Balaban J connectivity index is 2.08. The molecule has 154 valence electrons. The predicted octanol–water partition coefficient (Wildman–Crippen LogP) is 3.69. The van der Waals surface area contributed by atoms with Crippen molar-refractivity contribution in [2.24, 2.45) is 0 Å². The number of aromatic amines is 1. The maximum Gasteiger partial charge on any atom is 0.243 e. The summed E-state index contributed by atoms with van der Waals surface area (Å²) in [5.74, 6) is -0.294. The van der Waals surface area contributed by atoms with E-state index in [0.29, 0.717) is 6.42 Å². The molecule has 0 bridgehead atoms. The number of nitrogens with one attached hydrogen (secondary N) is 3. The van der Waals surface area contributed by atoms with E-state index in [1.807, 2.05) is 6.08 Å². The highest BCUT2D eigenvalue weighted by atomic mass is 16.2. The quantitative estimate of drug-likeness (QED) is 0.655. The third-order valence-corrected chi connectivity index (χ3v) is 5.66. The minimum Gasteiger partial charge on any atom is -0.357 e. The average Bonchev–Trinajstić information content (AvgIpc) is 3.03. The van der Waals surface area contributed by atoms with Crippen molar-refractivity contribution in [1.29, 1.82) is 0 Å². The van der Waals surface area contributed by atoms with E-state index in [9.17, 15) is 9.59 Å². The third-order valence-electron chi connectivity index (χ3n) is 5.66. The molecule has 5 nitrogen and oxygen atoms in total. The summed E-state index contributed by atoms with van der Waals surface area (Å²) in [5, 5.41) is 6.73. The molecule has 1 fully saturated rings. The maximum absolute atomic E-state index is 12.5. The molecule has 1 saturated heterocycles. The molecule has 3 rings (SSSR count). The van der Waals surface area contributed by atoms with Crippen molar-refractivity contribution >= 4 is 22.7 Å². The number of hydrogen-bond donors (Lipinski definition) is 3. The van der Waals surface area contributed by atoms with E-state index in [-0.39, 0.29) is 17.2 Å². The van der Waals surface area contributed by atoms with Gasteiger partial charge < -0.3 is 15.6 Å². The van der Waals surface area contributed by atoms with Crippen LogP contribution in [0.2, 0.25) is 0 Å². The molecule has 1 aromatic heterocycles. The van der Waals surface area contributed by atoms with Crippen LogP contribution in [0.4, 0.5) is 0 Å². The second-order valence-electron chi connectivity index (χ2n) is 8.77. The van der Waals surface area contributed by atoms with Gasteiger partial charge in [-0.2, -0.15) is 0 Å². The minimum absolute atomic E-state index is 0.144. The molecule has 0 saturated carbocycles. The third kappa shape index (κ3) is 4.29. The standard InChI is InChI=1S/C24H31N3O2/c1-7-24(5,6)21-18(13-20-23(29)25-15(4)22(28)27-20)17-12-16(9-8-14(2)3)10-11-19(17)26-21/h7-8,10-12,15,20,26H,1,9,13H2,2-6H3,(H,25,29)(H,27,28)/t15-,20?/m0/s1. The lowest BCUT2D eigenvalue weighted by atomic mass is 9.84. The van der Waals surface area contributed by atoms with Crippen LogP contribution in [-0.2, 0) is 27.8 Å². The van der Waals surface area contributed by atoms with Crippen molar-refractivity contribution in [3.8, 4) is 0 Å². The molecule has 5 heteroatoms. The lowest BCUT2D eigenvalue weighted by Gasteiger charge is -2.29. The molecule has 1 unspecified atom stereocenters. The molecule has 29 heavy (non-hydrogen) atoms. The van der Waals surface area contributed by atoms with Crippen LogP contribution in [-0.4, -0.2) is 28.9 Å². The van der Waals surface area contributed by atoms with E-state index in [1.165, 1.54) is 11.1 Å². The normalized spacial score (nSPS) is 19.6. The zero-order chi connectivity index (χ0) is 21.3. The van der Waals surface area contributed by atoms with Crippen molar-refractivity contribution < 1.29 is 9.59 Å². The van der Waals surface area contributed by atoms with Gasteiger partial charge in [-0.1, -0.05) is 37.6 Å². The van der Waals surface area contributed by atoms with E-state index in [1.54, 1.807) is 6.92 Å². The SMILES string of the molecule is C=CC(C)(C)c1[nH]c2ccc(CC=C(C)C)cc2c1CC1NC(=O)[C@H](C)NC1=O. The van der Waals surface area contributed by atoms with Crippen LogP contribution < -0.4 is 10.6 Å². The molecule has 2 aromatic rings. The fourth-order valence-corrected chi connectivity index (χ4v) is 3.70. The van der Waals surface area contributed by atoms with Crippen LogP contribution in [0.15, 0.2) is 42.5 Å². The molecule has 0 aliphatic carbocycles. The number of allylic oxidation sites excluding steroid dienone is 3. The van der Waals surface area contributed by atoms with Gasteiger partial charge in [0.2, 0.25) is 11.8 Å². The van der Waals surface area contributed by atoms with Gasteiger partial charge in [0.15, 0.2) is 0 Å². The molecule has 3 N–H and O–H groups in total. The van der Waals surface area contributed by atoms with Crippen LogP contribution >= 0.6 is 0 Å². The Kier molecular flexibility index (Phi) is 5.69. The van der Waals surface area contributed by atoms with Crippen LogP contribution in [0.3, 0.4) is 0 Å². The van der Waals surface area contributed by atoms with E-state index in [2.05, 4.69) is 74.2 Å².